The third-order valence-electron chi connectivity index (χ3n) is 3.02. The summed E-state index contributed by atoms with van der Waals surface area (Å²) in [5.41, 5.74) is 0.606. The minimum atomic E-state index is -0.490. The molecule has 0 bridgehead atoms. The maximum atomic E-state index is 12.2. The standard InChI is InChI=1S/C16H9BrClNO3/c17-9-1-4-11(5-2-9)19-16(21)15-8-13(20)12-7-10(18)3-6-14(12)22-15/h1-8H,(H,19,21). The van der Waals surface area contributed by atoms with Gasteiger partial charge in [-0.2, -0.15) is 0 Å². The lowest BCUT2D eigenvalue weighted by molar-refractivity contribution is 0.0997. The summed E-state index contributed by atoms with van der Waals surface area (Å²) < 4.78 is 6.38. The molecule has 0 aliphatic heterocycles. The summed E-state index contributed by atoms with van der Waals surface area (Å²) in [6, 6.07) is 12.9. The Hall–Kier alpha value is -2.11. The molecule has 4 nitrogen and oxygen atoms in total. The molecule has 1 N–H and O–H groups in total. The number of benzene rings is 2. The molecule has 0 saturated carbocycles. The fourth-order valence-electron chi connectivity index (χ4n) is 1.97. The van der Waals surface area contributed by atoms with Gasteiger partial charge in [0.15, 0.2) is 11.2 Å². The number of carbonyl (C=O) groups excluding carboxylic acids is 1. The van der Waals surface area contributed by atoms with Gasteiger partial charge in [0.05, 0.1) is 5.39 Å². The molecule has 110 valence electrons. The predicted octanol–water partition coefficient (Wildman–Crippen LogP) is 4.46. The molecule has 22 heavy (non-hydrogen) atoms. The van der Waals surface area contributed by atoms with Crippen LogP contribution in [-0.2, 0) is 0 Å². The van der Waals surface area contributed by atoms with Crippen LogP contribution in [0.25, 0.3) is 11.0 Å². The van der Waals surface area contributed by atoms with Gasteiger partial charge in [0.2, 0.25) is 0 Å². The molecule has 0 radical (unpaired) electrons. The molecular formula is C16H9BrClNO3. The average Bonchev–Trinajstić information content (AvgIpc) is 2.50. The quantitative estimate of drug-likeness (QED) is 0.716. The first kappa shape index (κ1) is 14.8. The predicted molar refractivity (Wildman–Crippen MR) is 89.6 cm³/mol. The van der Waals surface area contributed by atoms with E-state index in [4.69, 9.17) is 16.0 Å². The highest BCUT2D eigenvalue weighted by atomic mass is 79.9. The van der Waals surface area contributed by atoms with Crippen LogP contribution in [0.4, 0.5) is 5.69 Å². The Morgan fingerprint density at radius 1 is 1.09 bits per heavy atom. The second-order valence-electron chi connectivity index (χ2n) is 4.58. The number of hydrogen-bond donors (Lipinski definition) is 1. The maximum absolute atomic E-state index is 12.2. The van der Waals surface area contributed by atoms with Crippen LogP contribution in [-0.4, -0.2) is 5.91 Å². The number of halogens is 2. The number of carbonyl (C=O) groups is 1. The average molecular weight is 379 g/mol. The van der Waals surface area contributed by atoms with Gasteiger partial charge < -0.3 is 9.73 Å². The summed E-state index contributed by atoms with van der Waals surface area (Å²) in [6.45, 7) is 0. The Bertz CT molecular complexity index is 919. The lowest BCUT2D eigenvalue weighted by Crippen LogP contribution is -2.14. The van der Waals surface area contributed by atoms with Crippen molar-refractivity contribution in [3.8, 4) is 0 Å². The van der Waals surface area contributed by atoms with Crippen molar-refractivity contribution in [1.82, 2.24) is 0 Å². The van der Waals surface area contributed by atoms with Crippen LogP contribution in [0.1, 0.15) is 10.6 Å². The van der Waals surface area contributed by atoms with Crippen molar-refractivity contribution >= 4 is 50.1 Å². The van der Waals surface area contributed by atoms with Crippen LogP contribution in [0.15, 0.2) is 62.2 Å². The zero-order valence-corrected chi connectivity index (χ0v) is 13.4. The Morgan fingerprint density at radius 2 is 1.82 bits per heavy atom. The van der Waals surface area contributed by atoms with Gasteiger partial charge in [0.25, 0.3) is 5.91 Å². The molecule has 0 fully saturated rings. The highest BCUT2D eigenvalue weighted by Gasteiger charge is 2.13. The highest BCUT2D eigenvalue weighted by Crippen LogP contribution is 2.19. The van der Waals surface area contributed by atoms with Gasteiger partial charge in [-0.3, -0.25) is 9.59 Å². The zero-order valence-electron chi connectivity index (χ0n) is 11.1. The Kier molecular flexibility index (Phi) is 4.00. The van der Waals surface area contributed by atoms with Crippen LogP contribution in [0.3, 0.4) is 0 Å². The molecule has 0 saturated heterocycles. The monoisotopic (exact) mass is 377 g/mol. The van der Waals surface area contributed by atoms with Crippen LogP contribution in [0.5, 0.6) is 0 Å². The number of rotatable bonds is 2. The van der Waals surface area contributed by atoms with E-state index in [2.05, 4.69) is 21.2 Å². The van der Waals surface area contributed by atoms with Crippen molar-refractivity contribution < 1.29 is 9.21 Å². The number of hydrogen-bond acceptors (Lipinski definition) is 3. The van der Waals surface area contributed by atoms with Crippen LogP contribution in [0, 0.1) is 0 Å². The number of amides is 1. The smallest absolute Gasteiger partial charge is 0.291 e. The largest absolute Gasteiger partial charge is 0.451 e. The van der Waals surface area contributed by atoms with Gasteiger partial charge in [-0.15, -0.1) is 0 Å². The topological polar surface area (TPSA) is 59.3 Å². The first-order valence-corrected chi connectivity index (χ1v) is 7.50. The molecular weight excluding hydrogens is 370 g/mol. The minimum absolute atomic E-state index is 0.0530. The van der Waals surface area contributed by atoms with E-state index < -0.39 is 5.91 Å². The fraction of sp³-hybridized carbons (Fsp3) is 0. The van der Waals surface area contributed by atoms with Gasteiger partial charge in [-0.25, -0.2) is 0 Å². The van der Waals surface area contributed by atoms with Crippen LogP contribution < -0.4 is 10.7 Å². The molecule has 1 aromatic heterocycles. The molecule has 0 aliphatic carbocycles. The van der Waals surface area contributed by atoms with E-state index in [1.807, 2.05) is 0 Å². The summed E-state index contributed by atoms with van der Waals surface area (Å²) >= 11 is 9.17. The van der Waals surface area contributed by atoms with E-state index in [0.29, 0.717) is 21.7 Å². The molecule has 3 rings (SSSR count). The molecule has 0 spiro atoms. The SMILES string of the molecule is O=C(Nc1ccc(Br)cc1)c1cc(=O)c2cc(Cl)ccc2o1. The van der Waals surface area contributed by atoms with Gasteiger partial charge in [0.1, 0.15) is 5.58 Å². The molecule has 3 aromatic rings. The fourth-order valence-corrected chi connectivity index (χ4v) is 2.40. The van der Waals surface area contributed by atoms with Gasteiger partial charge in [-0.1, -0.05) is 27.5 Å². The van der Waals surface area contributed by atoms with Crippen molar-refractivity contribution in [3.63, 3.8) is 0 Å². The van der Waals surface area contributed by atoms with Crippen molar-refractivity contribution in [2.45, 2.75) is 0 Å². The van der Waals surface area contributed by atoms with E-state index in [1.54, 1.807) is 36.4 Å². The van der Waals surface area contributed by atoms with Gasteiger partial charge >= 0.3 is 0 Å². The van der Waals surface area contributed by atoms with E-state index in [0.717, 1.165) is 10.5 Å². The van der Waals surface area contributed by atoms with Crippen LogP contribution in [0.2, 0.25) is 5.02 Å². The van der Waals surface area contributed by atoms with E-state index in [1.165, 1.54) is 6.07 Å². The second kappa shape index (κ2) is 5.94. The molecule has 0 atom stereocenters. The Labute approximate surface area is 138 Å². The van der Waals surface area contributed by atoms with E-state index in [9.17, 15) is 9.59 Å². The molecule has 0 unspecified atom stereocenters. The summed E-state index contributed by atoms with van der Waals surface area (Å²) in [5.74, 6) is -0.543. The summed E-state index contributed by atoms with van der Waals surface area (Å²) in [4.78, 5) is 24.2. The molecule has 6 heteroatoms. The van der Waals surface area contributed by atoms with E-state index >= 15 is 0 Å². The molecule has 0 aliphatic rings. The first-order valence-electron chi connectivity index (χ1n) is 6.33. The van der Waals surface area contributed by atoms with E-state index in [-0.39, 0.29) is 11.2 Å². The zero-order chi connectivity index (χ0) is 15.7. The summed E-state index contributed by atoms with van der Waals surface area (Å²) in [5, 5.41) is 3.45. The number of fused-ring (bicyclic) bond motifs is 1. The molecule has 1 amide bonds. The third-order valence-corrected chi connectivity index (χ3v) is 3.78. The summed E-state index contributed by atoms with van der Waals surface area (Å²) in [6.07, 6.45) is 0. The lowest BCUT2D eigenvalue weighted by atomic mass is 10.2. The molecule has 1 heterocycles. The normalized spacial score (nSPS) is 10.6. The molecule has 2 aromatic carbocycles. The number of nitrogens with one attached hydrogen (secondary N) is 1. The second-order valence-corrected chi connectivity index (χ2v) is 5.93. The lowest BCUT2D eigenvalue weighted by Gasteiger charge is -2.05. The third kappa shape index (κ3) is 3.05. The van der Waals surface area contributed by atoms with Crippen molar-refractivity contribution in [3.05, 3.63) is 74.0 Å². The summed E-state index contributed by atoms with van der Waals surface area (Å²) in [7, 11) is 0. The van der Waals surface area contributed by atoms with Crippen molar-refractivity contribution in [1.29, 1.82) is 0 Å². The van der Waals surface area contributed by atoms with Gasteiger partial charge in [0, 0.05) is 21.2 Å². The minimum Gasteiger partial charge on any atom is -0.451 e. The number of anilines is 1. The van der Waals surface area contributed by atoms with Crippen LogP contribution >= 0.6 is 27.5 Å². The maximum Gasteiger partial charge on any atom is 0.291 e. The Morgan fingerprint density at radius 3 is 2.55 bits per heavy atom. The highest BCUT2D eigenvalue weighted by molar-refractivity contribution is 9.10. The van der Waals surface area contributed by atoms with Crippen molar-refractivity contribution in [2.75, 3.05) is 5.32 Å². The van der Waals surface area contributed by atoms with Crippen molar-refractivity contribution in [2.24, 2.45) is 0 Å². The van der Waals surface area contributed by atoms with Gasteiger partial charge in [-0.05, 0) is 42.5 Å². The first-order chi connectivity index (χ1) is 10.5. The Balaban J connectivity index is 1.96.